The molecule has 1 aliphatic rings. The lowest BCUT2D eigenvalue weighted by Gasteiger charge is -2.38. The predicted octanol–water partition coefficient (Wildman–Crippen LogP) is 1.34. The van der Waals surface area contributed by atoms with E-state index in [1.165, 1.54) is 15.9 Å². The molecule has 5 nitrogen and oxygen atoms in total. The molecule has 120 valence electrons. The van der Waals surface area contributed by atoms with Gasteiger partial charge in [-0.05, 0) is 31.0 Å². The molecule has 0 radical (unpaired) electrons. The second kappa shape index (κ2) is 6.87. The van der Waals surface area contributed by atoms with Crippen molar-refractivity contribution in [2.24, 2.45) is 0 Å². The molecule has 0 unspecified atom stereocenters. The van der Waals surface area contributed by atoms with Gasteiger partial charge in [0.15, 0.2) is 0 Å². The van der Waals surface area contributed by atoms with E-state index in [9.17, 15) is 14.0 Å². The third-order valence-electron chi connectivity index (χ3n) is 3.92. The minimum absolute atomic E-state index is 0.0622. The van der Waals surface area contributed by atoms with Crippen LogP contribution in [0.4, 0.5) is 4.39 Å². The Morgan fingerprint density at radius 1 is 1.36 bits per heavy atom. The quantitative estimate of drug-likeness (QED) is 0.825. The number of carbonyl (C=O) groups excluding carboxylic acids is 2. The highest BCUT2D eigenvalue weighted by Gasteiger charge is 2.36. The second-order valence-corrected chi connectivity index (χ2v) is 5.53. The van der Waals surface area contributed by atoms with Crippen LogP contribution in [0.2, 0.25) is 0 Å². The molecule has 1 saturated heterocycles. The van der Waals surface area contributed by atoms with Crippen LogP contribution >= 0.6 is 0 Å². The molecule has 1 aromatic rings. The van der Waals surface area contributed by atoms with Gasteiger partial charge >= 0.3 is 0 Å². The van der Waals surface area contributed by atoms with E-state index >= 15 is 0 Å². The first-order valence-corrected chi connectivity index (χ1v) is 7.26. The summed E-state index contributed by atoms with van der Waals surface area (Å²) in [5, 5.41) is 0. The molecule has 1 heterocycles. The molecule has 0 aromatic heterocycles. The van der Waals surface area contributed by atoms with E-state index < -0.39 is 6.04 Å². The number of rotatable bonds is 5. The maximum Gasteiger partial charge on any atom is 0.245 e. The highest BCUT2D eigenvalue weighted by molar-refractivity contribution is 5.94. The van der Waals surface area contributed by atoms with E-state index in [1.807, 2.05) is 0 Å². The molecule has 2 rings (SSSR count). The molecule has 1 aromatic carbocycles. The summed E-state index contributed by atoms with van der Waals surface area (Å²) in [6, 6.07) is 4.21. The summed E-state index contributed by atoms with van der Waals surface area (Å²) in [5.41, 5.74) is 1.35. The largest absolute Gasteiger partial charge is 0.383 e. The topological polar surface area (TPSA) is 49.9 Å². The molecule has 1 aliphatic heterocycles. The Morgan fingerprint density at radius 2 is 2.09 bits per heavy atom. The predicted molar refractivity (Wildman–Crippen MR) is 79.6 cm³/mol. The van der Waals surface area contributed by atoms with Gasteiger partial charge < -0.3 is 14.5 Å². The van der Waals surface area contributed by atoms with Gasteiger partial charge in [-0.25, -0.2) is 4.39 Å². The third-order valence-corrected chi connectivity index (χ3v) is 3.92. The van der Waals surface area contributed by atoms with Crippen molar-refractivity contribution in [3.8, 4) is 0 Å². The zero-order valence-electron chi connectivity index (χ0n) is 13.1. The number of carbonyl (C=O) groups is 2. The van der Waals surface area contributed by atoms with Gasteiger partial charge in [0.1, 0.15) is 11.9 Å². The minimum atomic E-state index is -0.525. The first kappa shape index (κ1) is 16.4. The van der Waals surface area contributed by atoms with Crippen LogP contribution < -0.4 is 0 Å². The first-order valence-electron chi connectivity index (χ1n) is 7.26. The summed E-state index contributed by atoms with van der Waals surface area (Å²) in [6.45, 7) is 4.59. The monoisotopic (exact) mass is 308 g/mol. The molecule has 2 amide bonds. The summed E-state index contributed by atoms with van der Waals surface area (Å²) in [7, 11) is 1.56. The number of piperazine rings is 1. The number of hydrogen-bond donors (Lipinski definition) is 0. The van der Waals surface area contributed by atoms with Gasteiger partial charge in [0.2, 0.25) is 11.8 Å². The summed E-state index contributed by atoms with van der Waals surface area (Å²) in [6.07, 6.45) is 0. The maximum atomic E-state index is 13.3. The zero-order valence-corrected chi connectivity index (χ0v) is 13.1. The Hall–Kier alpha value is -1.95. The standard InChI is InChI=1S/C16H21FN2O3/c1-11-8-13(4-5-14(11)17)9-19-12(2)16(21)18(6-7-22-3)10-15(19)20/h4-5,8,12H,6-7,9-10H2,1-3H3/t12-/m0/s1. The van der Waals surface area contributed by atoms with Crippen LogP contribution in [0.15, 0.2) is 18.2 Å². The molecular formula is C16H21FN2O3. The number of benzene rings is 1. The molecule has 1 fully saturated rings. The minimum Gasteiger partial charge on any atom is -0.383 e. The maximum absolute atomic E-state index is 13.3. The molecule has 0 saturated carbocycles. The van der Waals surface area contributed by atoms with E-state index in [1.54, 1.807) is 33.1 Å². The lowest BCUT2D eigenvalue weighted by atomic mass is 10.1. The van der Waals surface area contributed by atoms with Gasteiger partial charge in [0, 0.05) is 20.2 Å². The van der Waals surface area contributed by atoms with Crippen molar-refractivity contribution in [2.45, 2.75) is 26.4 Å². The van der Waals surface area contributed by atoms with Crippen molar-refractivity contribution in [3.05, 3.63) is 35.1 Å². The fourth-order valence-electron chi connectivity index (χ4n) is 2.56. The zero-order chi connectivity index (χ0) is 16.3. The molecule has 1 atom stereocenters. The molecule has 0 spiro atoms. The number of aryl methyl sites for hydroxylation is 1. The van der Waals surface area contributed by atoms with Crippen LogP contribution in [0.5, 0.6) is 0 Å². The highest BCUT2D eigenvalue weighted by Crippen LogP contribution is 2.18. The van der Waals surface area contributed by atoms with Gasteiger partial charge in [-0.3, -0.25) is 9.59 Å². The number of nitrogens with zero attached hydrogens (tertiary/aromatic N) is 2. The van der Waals surface area contributed by atoms with Gasteiger partial charge in [-0.1, -0.05) is 12.1 Å². The second-order valence-electron chi connectivity index (χ2n) is 5.53. The number of amides is 2. The lowest BCUT2D eigenvalue weighted by Crippen LogP contribution is -2.58. The average Bonchev–Trinajstić information content (AvgIpc) is 2.49. The molecule has 6 heteroatoms. The molecule has 0 bridgehead atoms. The van der Waals surface area contributed by atoms with Crippen molar-refractivity contribution in [3.63, 3.8) is 0 Å². The van der Waals surface area contributed by atoms with Crippen LogP contribution in [-0.4, -0.2) is 54.5 Å². The van der Waals surface area contributed by atoms with Crippen molar-refractivity contribution in [2.75, 3.05) is 26.8 Å². The third kappa shape index (κ3) is 3.44. The summed E-state index contributed by atoms with van der Waals surface area (Å²) in [5.74, 6) is -0.468. The molecule has 0 N–H and O–H groups in total. The smallest absolute Gasteiger partial charge is 0.245 e. The van der Waals surface area contributed by atoms with Crippen LogP contribution in [0.25, 0.3) is 0 Å². The van der Waals surface area contributed by atoms with Gasteiger partial charge in [-0.2, -0.15) is 0 Å². The van der Waals surface area contributed by atoms with Crippen LogP contribution in [0.1, 0.15) is 18.1 Å². The van der Waals surface area contributed by atoms with Gasteiger partial charge in [-0.15, -0.1) is 0 Å². The summed E-state index contributed by atoms with van der Waals surface area (Å²) >= 11 is 0. The van der Waals surface area contributed by atoms with E-state index in [-0.39, 0.29) is 24.2 Å². The van der Waals surface area contributed by atoms with Crippen LogP contribution in [0.3, 0.4) is 0 Å². The fraction of sp³-hybridized carbons (Fsp3) is 0.500. The number of halogens is 1. The van der Waals surface area contributed by atoms with Crippen LogP contribution in [0, 0.1) is 12.7 Å². The number of ether oxygens (including phenoxy) is 1. The van der Waals surface area contributed by atoms with Crippen molar-refractivity contribution in [1.29, 1.82) is 0 Å². The van der Waals surface area contributed by atoms with Crippen LogP contribution in [-0.2, 0) is 20.9 Å². The summed E-state index contributed by atoms with van der Waals surface area (Å²) in [4.78, 5) is 27.7. The molecular weight excluding hydrogens is 287 g/mol. The Bertz CT molecular complexity index is 577. The van der Waals surface area contributed by atoms with E-state index in [0.717, 1.165) is 5.56 Å². The highest BCUT2D eigenvalue weighted by atomic mass is 19.1. The number of methoxy groups -OCH3 is 1. The van der Waals surface area contributed by atoms with Gasteiger partial charge in [0.25, 0.3) is 0 Å². The van der Waals surface area contributed by atoms with E-state index in [4.69, 9.17) is 4.74 Å². The lowest BCUT2D eigenvalue weighted by molar-refractivity contribution is -0.156. The van der Waals surface area contributed by atoms with Gasteiger partial charge in [0.05, 0.1) is 13.2 Å². The Balaban J connectivity index is 2.10. The van der Waals surface area contributed by atoms with E-state index in [0.29, 0.717) is 25.3 Å². The average molecular weight is 308 g/mol. The normalized spacial score (nSPS) is 19.0. The fourth-order valence-corrected chi connectivity index (χ4v) is 2.56. The van der Waals surface area contributed by atoms with Crippen molar-refractivity contribution in [1.82, 2.24) is 9.80 Å². The molecule has 22 heavy (non-hydrogen) atoms. The number of hydrogen-bond acceptors (Lipinski definition) is 3. The van der Waals surface area contributed by atoms with Crippen molar-refractivity contribution < 1.29 is 18.7 Å². The van der Waals surface area contributed by atoms with Crippen molar-refractivity contribution >= 4 is 11.8 Å². The Kier molecular flexibility index (Phi) is 5.13. The molecule has 0 aliphatic carbocycles. The Labute approximate surface area is 129 Å². The first-order chi connectivity index (χ1) is 10.4. The van der Waals surface area contributed by atoms with E-state index in [2.05, 4.69) is 0 Å². The Morgan fingerprint density at radius 3 is 2.73 bits per heavy atom. The summed E-state index contributed by atoms with van der Waals surface area (Å²) < 4.78 is 18.3. The SMILES string of the molecule is COCCN1CC(=O)N(Cc2ccc(F)c(C)c2)[C@@H](C)C1=O.